The molecule has 2 aromatic carbocycles. The van der Waals surface area contributed by atoms with Crippen molar-refractivity contribution in [3.05, 3.63) is 48.0 Å². The number of carbonyl (C=O) groups is 2. The highest BCUT2D eigenvalue weighted by Crippen LogP contribution is 2.32. The van der Waals surface area contributed by atoms with Crippen molar-refractivity contribution < 1.29 is 14.3 Å². The molecular weight excluding hydrogens is 290 g/mol. The predicted octanol–water partition coefficient (Wildman–Crippen LogP) is 2.84. The van der Waals surface area contributed by atoms with Gasteiger partial charge in [-0.25, -0.2) is 0 Å². The molecule has 1 fully saturated rings. The van der Waals surface area contributed by atoms with Gasteiger partial charge in [0.2, 0.25) is 0 Å². The van der Waals surface area contributed by atoms with Crippen molar-refractivity contribution in [1.29, 1.82) is 0 Å². The Balaban J connectivity index is 1.53. The van der Waals surface area contributed by atoms with E-state index in [4.69, 9.17) is 4.74 Å². The number of fused-ring (bicyclic) bond motifs is 1. The third kappa shape index (κ3) is 4.09. The topological polar surface area (TPSA) is 55.4 Å². The van der Waals surface area contributed by atoms with Gasteiger partial charge < -0.3 is 10.1 Å². The summed E-state index contributed by atoms with van der Waals surface area (Å²) in [6, 6.07) is 13.9. The molecule has 1 atom stereocenters. The molecule has 0 aliphatic heterocycles. The van der Waals surface area contributed by atoms with Crippen LogP contribution >= 0.6 is 0 Å². The first-order chi connectivity index (χ1) is 11.1. The Bertz CT molecular complexity index is 716. The smallest absolute Gasteiger partial charge is 0.310 e. The van der Waals surface area contributed by atoms with Gasteiger partial charge in [-0.2, -0.15) is 0 Å². The summed E-state index contributed by atoms with van der Waals surface area (Å²) in [6.45, 7) is 1.79. The Kier molecular flexibility index (Phi) is 4.60. The van der Waals surface area contributed by atoms with E-state index in [2.05, 4.69) is 5.32 Å². The molecule has 0 spiro atoms. The lowest BCUT2D eigenvalue weighted by Crippen LogP contribution is -2.37. The molecule has 0 radical (unpaired) electrons. The first-order valence-corrected chi connectivity index (χ1v) is 8.05. The molecule has 0 unspecified atom stereocenters. The zero-order chi connectivity index (χ0) is 16.2. The second kappa shape index (κ2) is 6.82. The van der Waals surface area contributed by atoms with E-state index in [9.17, 15) is 9.59 Å². The summed E-state index contributed by atoms with van der Waals surface area (Å²) >= 11 is 0. The van der Waals surface area contributed by atoms with Crippen LogP contribution in [0.5, 0.6) is 0 Å². The number of amides is 1. The summed E-state index contributed by atoms with van der Waals surface area (Å²) < 4.78 is 5.11. The number of benzene rings is 2. The van der Waals surface area contributed by atoms with Gasteiger partial charge in [-0.05, 0) is 42.0 Å². The molecule has 120 valence electrons. The van der Waals surface area contributed by atoms with Crippen LogP contribution in [-0.2, 0) is 20.7 Å². The van der Waals surface area contributed by atoms with Crippen LogP contribution in [0.4, 0.5) is 0 Å². The van der Waals surface area contributed by atoms with Crippen LogP contribution in [0.2, 0.25) is 0 Å². The summed E-state index contributed by atoms with van der Waals surface area (Å²) in [6.07, 6.45) is 2.51. The number of carbonyl (C=O) groups excluding carboxylic acids is 2. The van der Waals surface area contributed by atoms with E-state index in [-0.39, 0.29) is 30.9 Å². The van der Waals surface area contributed by atoms with E-state index in [0.29, 0.717) is 5.92 Å². The molecule has 0 bridgehead atoms. The van der Waals surface area contributed by atoms with Gasteiger partial charge in [0, 0.05) is 6.04 Å². The summed E-state index contributed by atoms with van der Waals surface area (Å²) in [5.41, 5.74) is 0.917. The highest BCUT2D eigenvalue weighted by molar-refractivity contribution is 5.89. The molecular formula is C19H21NO3. The van der Waals surface area contributed by atoms with Gasteiger partial charge in [-0.3, -0.25) is 9.59 Å². The minimum atomic E-state index is -0.379. The Labute approximate surface area is 135 Å². The lowest BCUT2D eigenvalue weighted by molar-refractivity contribution is -0.148. The van der Waals surface area contributed by atoms with Gasteiger partial charge in [0.15, 0.2) is 6.61 Å². The van der Waals surface area contributed by atoms with Crippen LogP contribution in [0.1, 0.15) is 25.3 Å². The number of hydrogen-bond acceptors (Lipinski definition) is 3. The highest BCUT2D eigenvalue weighted by Gasteiger charge is 2.28. The SMILES string of the molecule is C[C@@H](NC(=O)COC(=O)Cc1cccc2ccccc12)C1CC1. The van der Waals surface area contributed by atoms with Crippen LogP contribution in [0, 0.1) is 5.92 Å². The van der Waals surface area contributed by atoms with E-state index in [1.807, 2.05) is 49.4 Å². The van der Waals surface area contributed by atoms with E-state index in [1.165, 1.54) is 12.8 Å². The van der Waals surface area contributed by atoms with Crippen molar-refractivity contribution in [3.63, 3.8) is 0 Å². The maximum absolute atomic E-state index is 12.0. The normalized spacial score (nSPS) is 15.2. The van der Waals surface area contributed by atoms with Crippen LogP contribution in [0.25, 0.3) is 10.8 Å². The average molecular weight is 311 g/mol. The number of nitrogens with one attached hydrogen (secondary N) is 1. The largest absolute Gasteiger partial charge is 0.455 e. The van der Waals surface area contributed by atoms with Crippen molar-refractivity contribution in [2.24, 2.45) is 5.92 Å². The lowest BCUT2D eigenvalue weighted by atomic mass is 10.0. The molecule has 1 saturated carbocycles. The Morgan fingerprint density at radius 2 is 1.91 bits per heavy atom. The fourth-order valence-electron chi connectivity index (χ4n) is 2.81. The summed E-state index contributed by atoms with van der Waals surface area (Å²) in [7, 11) is 0. The number of esters is 1. The molecule has 0 saturated heterocycles. The molecule has 4 heteroatoms. The quantitative estimate of drug-likeness (QED) is 0.835. The van der Waals surface area contributed by atoms with Crippen molar-refractivity contribution in [1.82, 2.24) is 5.32 Å². The molecule has 0 heterocycles. The monoisotopic (exact) mass is 311 g/mol. The maximum Gasteiger partial charge on any atom is 0.310 e. The van der Waals surface area contributed by atoms with Crippen molar-refractivity contribution in [2.75, 3.05) is 6.61 Å². The van der Waals surface area contributed by atoms with E-state index in [1.54, 1.807) is 0 Å². The van der Waals surface area contributed by atoms with Gasteiger partial charge in [0.1, 0.15) is 0 Å². The number of ether oxygens (including phenoxy) is 1. The molecule has 1 amide bonds. The van der Waals surface area contributed by atoms with Crippen molar-refractivity contribution in [2.45, 2.75) is 32.2 Å². The van der Waals surface area contributed by atoms with Gasteiger partial charge in [0.05, 0.1) is 6.42 Å². The fourth-order valence-corrected chi connectivity index (χ4v) is 2.81. The second-order valence-electron chi connectivity index (χ2n) is 6.17. The van der Waals surface area contributed by atoms with Crippen LogP contribution in [-0.4, -0.2) is 24.5 Å². The van der Waals surface area contributed by atoms with Crippen molar-refractivity contribution in [3.8, 4) is 0 Å². The number of rotatable bonds is 6. The first kappa shape index (κ1) is 15.5. The highest BCUT2D eigenvalue weighted by atomic mass is 16.5. The molecule has 23 heavy (non-hydrogen) atoms. The zero-order valence-corrected chi connectivity index (χ0v) is 13.2. The molecule has 3 rings (SSSR count). The third-order valence-electron chi connectivity index (χ3n) is 4.30. The summed E-state index contributed by atoms with van der Waals surface area (Å²) in [5.74, 6) is -0.0171. The maximum atomic E-state index is 12.0. The standard InChI is InChI=1S/C19H21NO3/c1-13(14-9-10-14)20-18(21)12-23-19(22)11-16-7-4-6-15-5-2-3-8-17(15)16/h2-8,13-14H,9-12H2,1H3,(H,20,21)/t13-/m1/s1. The zero-order valence-electron chi connectivity index (χ0n) is 13.2. The molecule has 4 nitrogen and oxygen atoms in total. The Morgan fingerprint density at radius 1 is 1.17 bits per heavy atom. The van der Waals surface area contributed by atoms with E-state index >= 15 is 0 Å². The minimum Gasteiger partial charge on any atom is -0.455 e. The molecule has 2 aromatic rings. The fraction of sp³-hybridized carbons (Fsp3) is 0.368. The Hall–Kier alpha value is -2.36. The number of hydrogen-bond donors (Lipinski definition) is 1. The summed E-state index contributed by atoms with van der Waals surface area (Å²) in [4.78, 5) is 23.8. The predicted molar refractivity (Wildman–Crippen MR) is 88.9 cm³/mol. The van der Waals surface area contributed by atoms with Gasteiger partial charge in [0.25, 0.3) is 5.91 Å². The van der Waals surface area contributed by atoms with E-state index in [0.717, 1.165) is 16.3 Å². The van der Waals surface area contributed by atoms with Crippen LogP contribution in [0.15, 0.2) is 42.5 Å². The van der Waals surface area contributed by atoms with Gasteiger partial charge >= 0.3 is 5.97 Å². The first-order valence-electron chi connectivity index (χ1n) is 8.05. The second-order valence-corrected chi connectivity index (χ2v) is 6.17. The van der Waals surface area contributed by atoms with Crippen LogP contribution < -0.4 is 5.32 Å². The lowest BCUT2D eigenvalue weighted by Gasteiger charge is -2.13. The molecule has 0 aromatic heterocycles. The molecule has 1 N–H and O–H groups in total. The van der Waals surface area contributed by atoms with Crippen molar-refractivity contribution >= 4 is 22.6 Å². The summed E-state index contributed by atoms with van der Waals surface area (Å²) in [5, 5.41) is 5.01. The third-order valence-corrected chi connectivity index (χ3v) is 4.30. The van der Waals surface area contributed by atoms with E-state index < -0.39 is 0 Å². The minimum absolute atomic E-state index is 0.166. The average Bonchev–Trinajstić information content (AvgIpc) is 3.38. The molecule has 1 aliphatic carbocycles. The molecule has 1 aliphatic rings. The van der Waals surface area contributed by atoms with Gasteiger partial charge in [-0.1, -0.05) is 42.5 Å². The van der Waals surface area contributed by atoms with Gasteiger partial charge in [-0.15, -0.1) is 0 Å². The Morgan fingerprint density at radius 3 is 2.70 bits per heavy atom. The van der Waals surface area contributed by atoms with Crippen LogP contribution in [0.3, 0.4) is 0 Å².